The molecule has 1 aromatic carbocycles. The van der Waals surface area contributed by atoms with E-state index in [0.717, 1.165) is 74.5 Å². The van der Waals surface area contributed by atoms with E-state index in [1.807, 2.05) is 18.3 Å². The molecule has 2 aliphatic rings. The van der Waals surface area contributed by atoms with Crippen molar-refractivity contribution in [2.24, 2.45) is 0 Å². The molecule has 0 spiro atoms. The van der Waals surface area contributed by atoms with Crippen LogP contribution in [0.25, 0.3) is 11.1 Å². The first-order valence-corrected chi connectivity index (χ1v) is 11.5. The maximum absolute atomic E-state index is 12.4. The Morgan fingerprint density at radius 1 is 1.16 bits per heavy atom. The summed E-state index contributed by atoms with van der Waals surface area (Å²) in [5, 5.41) is 15.6. The summed E-state index contributed by atoms with van der Waals surface area (Å²) in [7, 11) is 2.15. The monoisotopic (exact) mass is 432 g/mol. The van der Waals surface area contributed by atoms with E-state index in [1.165, 1.54) is 0 Å². The molecule has 2 fully saturated rings. The molecule has 0 bridgehead atoms. The minimum absolute atomic E-state index is 0.0700. The van der Waals surface area contributed by atoms with Gasteiger partial charge in [0.2, 0.25) is 5.91 Å². The summed E-state index contributed by atoms with van der Waals surface area (Å²) in [6, 6.07) is 13.9. The highest BCUT2D eigenvalue weighted by molar-refractivity contribution is 5.82. The highest BCUT2D eigenvalue weighted by Gasteiger charge is 2.23. The molecule has 168 valence electrons. The number of carbonyl (C=O) groups excluding carboxylic acids is 1. The number of aromatic nitrogens is 1. The number of hydrogen-bond acceptors (Lipinski definition) is 6. The summed E-state index contributed by atoms with van der Waals surface area (Å²) in [5.41, 5.74) is 3.19. The van der Waals surface area contributed by atoms with Crippen molar-refractivity contribution in [1.82, 2.24) is 20.5 Å². The Labute approximate surface area is 190 Å². The quantitative estimate of drug-likeness (QED) is 0.728. The summed E-state index contributed by atoms with van der Waals surface area (Å²) in [4.78, 5) is 21.8. The van der Waals surface area contributed by atoms with Crippen molar-refractivity contribution < 1.29 is 4.79 Å². The first-order chi connectivity index (χ1) is 15.6. The number of nitrogens with one attached hydrogen (secondary N) is 2. The van der Waals surface area contributed by atoms with E-state index in [0.29, 0.717) is 6.42 Å². The minimum atomic E-state index is -0.526. The molecular formula is C25H32N6O. The van der Waals surface area contributed by atoms with E-state index >= 15 is 0 Å². The van der Waals surface area contributed by atoms with Crippen molar-refractivity contribution in [2.75, 3.05) is 44.7 Å². The van der Waals surface area contributed by atoms with Gasteiger partial charge in [-0.2, -0.15) is 5.26 Å². The zero-order chi connectivity index (χ0) is 22.3. The third kappa shape index (κ3) is 5.64. The van der Waals surface area contributed by atoms with E-state index in [2.05, 4.69) is 62.8 Å². The number of nitrogens with zero attached hydrogens (tertiary/aromatic N) is 4. The Morgan fingerprint density at radius 3 is 2.53 bits per heavy atom. The van der Waals surface area contributed by atoms with Gasteiger partial charge in [0.15, 0.2) is 0 Å². The predicted molar refractivity (Wildman–Crippen MR) is 126 cm³/mol. The molecule has 1 aromatic heterocycles. The van der Waals surface area contributed by atoms with Crippen molar-refractivity contribution in [3.8, 4) is 17.2 Å². The fraction of sp³-hybridized carbons (Fsp3) is 0.480. The van der Waals surface area contributed by atoms with E-state index in [4.69, 9.17) is 0 Å². The smallest absolute Gasteiger partial charge is 0.238 e. The third-order valence-electron chi connectivity index (χ3n) is 6.40. The Balaban J connectivity index is 1.34. The summed E-state index contributed by atoms with van der Waals surface area (Å²) in [6.07, 6.45) is 5.41. The van der Waals surface area contributed by atoms with Crippen LogP contribution in [0.15, 0.2) is 42.6 Å². The Kier molecular flexibility index (Phi) is 7.35. The first kappa shape index (κ1) is 22.3. The van der Waals surface area contributed by atoms with Crippen LogP contribution in [0.4, 0.5) is 5.82 Å². The van der Waals surface area contributed by atoms with Gasteiger partial charge >= 0.3 is 0 Å². The van der Waals surface area contributed by atoms with Gasteiger partial charge in [0.1, 0.15) is 11.9 Å². The number of amides is 1. The van der Waals surface area contributed by atoms with Crippen LogP contribution in [-0.2, 0) is 11.2 Å². The van der Waals surface area contributed by atoms with Crippen molar-refractivity contribution in [3.05, 3.63) is 48.2 Å². The lowest BCUT2D eigenvalue weighted by Gasteiger charge is -2.33. The fourth-order valence-electron chi connectivity index (χ4n) is 4.33. The largest absolute Gasteiger partial charge is 0.354 e. The zero-order valence-electron chi connectivity index (χ0n) is 18.8. The molecule has 2 aromatic rings. The van der Waals surface area contributed by atoms with Gasteiger partial charge < -0.3 is 20.4 Å². The van der Waals surface area contributed by atoms with Crippen molar-refractivity contribution in [3.63, 3.8) is 0 Å². The average molecular weight is 433 g/mol. The standard InChI is InChI=1S/C25H32N6O/c1-30-12-14-31(15-13-30)24-10-9-21(18-28-24)20-7-5-19(6-8-20)16-22(17-26)29-25(32)23-4-2-3-11-27-23/h5-10,18,22-23,27H,2-4,11-16H2,1H3,(H,29,32)/t22-,23?/m0/s1. The van der Waals surface area contributed by atoms with Crippen LogP contribution in [0.2, 0.25) is 0 Å². The Morgan fingerprint density at radius 2 is 1.91 bits per heavy atom. The first-order valence-electron chi connectivity index (χ1n) is 11.5. The molecule has 0 radical (unpaired) electrons. The molecule has 0 aliphatic carbocycles. The molecule has 0 saturated carbocycles. The number of benzene rings is 1. The summed E-state index contributed by atoms with van der Waals surface area (Å²) in [5.74, 6) is 0.956. The van der Waals surface area contributed by atoms with Crippen molar-refractivity contribution >= 4 is 11.7 Å². The predicted octanol–water partition coefficient (Wildman–Crippen LogP) is 2.19. The number of carbonyl (C=O) groups is 1. The summed E-state index contributed by atoms with van der Waals surface area (Å²) < 4.78 is 0. The SMILES string of the molecule is CN1CCN(c2ccc(-c3ccc(C[C@@H](C#N)NC(=O)C4CCCCN4)cc3)cn2)CC1. The summed E-state index contributed by atoms with van der Waals surface area (Å²) >= 11 is 0. The van der Waals surface area contributed by atoms with E-state index in [9.17, 15) is 10.1 Å². The lowest BCUT2D eigenvalue weighted by molar-refractivity contribution is -0.124. The third-order valence-corrected chi connectivity index (χ3v) is 6.40. The van der Waals surface area contributed by atoms with Crippen molar-refractivity contribution in [2.45, 2.75) is 37.8 Å². The second-order valence-electron chi connectivity index (χ2n) is 8.79. The fourth-order valence-corrected chi connectivity index (χ4v) is 4.33. The molecule has 4 rings (SSSR count). The van der Waals surface area contributed by atoms with Gasteiger partial charge in [0.05, 0.1) is 12.1 Å². The second kappa shape index (κ2) is 10.6. The van der Waals surface area contributed by atoms with Crippen LogP contribution < -0.4 is 15.5 Å². The lowest BCUT2D eigenvalue weighted by atomic mass is 10.0. The molecule has 1 amide bonds. The molecule has 2 aliphatic heterocycles. The van der Waals surface area contributed by atoms with Crippen LogP contribution in [0.3, 0.4) is 0 Å². The lowest BCUT2D eigenvalue weighted by Crippen LogP contribution is -2.49. The number of hydrogen-bond donors (Lipinski definition) is 2. The molecule has 3 heterocycles. The topological polar surface area (TPSA) is 84.3 Å². The van der Waals surface area contributed by atoms with Gasteiger partial charge in [-0.1, -0.05) is 30.7 Å². The number of rotatable bonds is 6. The van der Waals surface area contributed by atoms with Gasteiger partial charge in [0, 0.05) is 44.4 Å². The maximum Gasteiger partial charge on any atom is 0.238 e. The van der Waals surface area contributed by atoms with Crippen LogP contribution in [0.5, 0.6) is 0 Å². The molecular weight excluding hydrogens is 400 g/mol. The van der Waals surface area contributed by atoms with Crippen molar-refractivity contribution in [1.29, 1.82) is 5.26 Å². The molecule has 2 N–H and O–H groups in total. The zero-order valence-corrected chi connectivity index (χ0v) is 18.8. The van der Waals surface area contributed by atoms with Gasteiger partial charge in [-0.15, -0.1) is 0 Å². The molecule has 2 saturated heterocycles. The number of likely N-dealkylation sites (N-methyl/N-ethyl adjacent to an activating group) is 1. The molecule has 7 nitrogen and oxygen atoms in total. The van der Waals surface area contributed by atoms with Crippen LogP contribution in [-0.4, -0.2) is 67.6 Å². The van der Waals surface area contributed by atoms with Crippen LogP contribution in [0.1, 0.15) is 24.8 Å². The minimum Gasteiger partial charge on any atom is -0.354 e. The highest BCUT2D eigenvalue weighted by atomic mass is 16.2. The van der Waals surface area contributed by atoms with Gasteiger partial charge in [-0.25, -0.2) is 4.98 Å². The summed E-state index contributed by atoms with van der Waals surface area (Å²) in [6.45, 7) is 5.00. The van der Waals surface area contributed by atoms with Crippen LogP contribution in [0, 0.1) is 11.3 Å². The Hall–Kier alpha value is -2.95. The number of piperazine rings is 1. The number of pyridine rings is 1. The number of piperidine rings is 1. The number of nitriles is 1. The average Bonchev–Trinajstić information content (AvgIpc) is 2.85. The van der Waals surface area contributed by atoms with Gasteiger partial charge in [-0.05, 0) is 49.7 Å². The second-order valence-corrected chi connectivity index (χ2v) is 8.79. The molecule has 2 atom stereocenters. The van der Waals surface area contributed by atoms with Gasteiger partial charge in [0.25, 0.3) is 0 Å². The van der Waals surface area contributed by atoms with E-state index in [1.54, 1.807) is 0 Å². The van der Waals surface area contributed by atoms with Crippen LogP contribution >= 0.6 is 0 Å². The maximum atomic E-state index is 12.4. The molecule has 1 unspecified atom stereocenters. The molecule has 7 heteroatoms. The Bertz CT molecular complexity index is 922. The highest BCUT2D eigenvalue weighted by Crippen LogP contribution is 2.22. The molecule has 32 heavy (non-hydrogen) atoms. The van der Waals surface area contributed by atoms with Gasteiger partial charge in [-0.3, -0.25) is 4.79 Å². The normalized spacial score (nSPS) is 20.4. The number of anilines is 1. The van der Waals surface area contributed by atoms with E-state index in [-0.39, 0.29) is 11.9 Å². The van der Waals surface area contributed by atoms with E-state index < -0.39 is 6.04 Å².